The molecule has 3 N–H and O–H groups in total. The fourth-order valence-corrected chi connectivity index (χ4v) is 2.19. The van der Waals surface area contributed by atoms with Crippen LogP contribution in [0.5, 0.6) is 0 Å². The van der Waals surface area contributed by atoms with Gasteiger partial charge in [-0.05, 0) is 27.7 Å². The summed E-state index contributed by atoms with van der Waals surface area (Å²) >= 11 is 1.20. The number of nitrogens with zero attached hydrogens (tertiary/aromatic N) is 1. The van der Waals surface area contributed by atoms with Crippen LogP contribution in [0, 0.1) is 6.92 Å². The number of nitrogen functional groups attached to an aromatic ring is 1. The van der Waals surface area contributed by atoms with Gasteiger partial charge in [0.05, 0.1) is 11.3 Å². The lowest BCUT2D eigenvalue weighted by Gasteiger charge is -2.24. The molecule has 6 heteroatoms. The van der Waals surface area contributed by atoms with Gasteiger partial charge in [0.25, 0.3) is 5.91 Å². The molecule has 96 valence electrons. The second-order valence-corrected chi connectivity index (χ2v) is 5.37. The van der Waals surface area contributed by atoms with Crippen LogP contribution in [0.25, 0.3) is 0 Å². The molecule has 0 spiro atoms. The molecule has 0 radical (unpaired) electrons. The topological polar surface area (TPSA) is 77.2 Å². The second kappa shape index (κ2) is 5.46. The highest BCUT2D eigenvalue weighted by atomic mass is 32.1. The van der Waals surface area contributed by atoms with Crippen LogP contribution in [0.4, 0.5) is 5.13 Å². The first-order valence-corrected chi connectivity index (χ1v) is 6.32. The number of carbonyl (C=O) groups is 1. The molecule has 1 aromatic heterocycles. The normalized spacial score (nSPS) is 11.5. The minimum atomic E-state index is -0.367. The molecular weight excluding hydrogens is 238 g/mol. The number of amides is 1. The summed E-state index contributed by atoms with van der Waals surface area (Å²) in [5.41, 5.74) is 5.85. The van der Waals surface area contributed by atoms with Crippen LogP contribution >= 0.6 is 11.3 Å². The summed E-state index contributed by atoms with van der Waals surface area (Å²) in [6.45, 7) is 8.65. The molecule has 0 aliphatic carbocycles. The Morgan fingerprint density at radius 2 is 2.24 bits per heavy atom. The van der Waals surface area contributed by atoms with Crippen LogP contribution < -0.4 is 11.1 Å². The van der Waals surface area contributed by atoms with Gasteiger partial charge >= 0.3 is 0 Å². The number of carbonyl (C=O) groups excluding carboxylic acids is 1. The first-order chi connectivity index (χ1) is 7.85. The average molecular weight is 257 g/mol. The molecule has 0 saturated carbocycles. The third-order valence-corrected chi connectivity index (χ3v) is 3.21. The highest BCUT2D eigenvalue weighted by Gasteiger charge is 2.20. The quantitative estimate of drug-likeness (QED) is 0.839. The van der Waals surface area contributed by atoms with Crippen LogP contribution in [0.1, 0.15) is 36.1 Å². The van der Waals surface area contributed by atoms with Crippen molar-refractivity contribution in [3.8, 4) is 0 Å². The van der Waals surface area contributed by atoms with E-state index in [1.807, 2.05) is 20.8 Å². The molecule has 0 fully saturated rings. The van der Waals surface area contributed by atoms with Gasteiger partial charge in [-0.3, -0.25) is 4.79 Å². The van der Waals surface area contributed by atoms with Gasteiger partial charge in [-0.25, -0.2) is 4.98 Å². The standard InChI is InChI=1S/C11H19N3O2S/c1-5-16-11(3,4)6-13-9(15)8-7(2)14-10(12)17-8/h5-6H2,1-4H3,(H2,12,14)(H,13,15). The molecule has 1 aromatic rings. The Hall–Kier alpha value is -1.14. The van der Waals surface area contributed by atoms with Crippen LogP contribution in [0.15, 0.2) is 0 Å². The number of hydrogen-bond donors (Lipinski definition) is 2. The summed E-state index contributed by atoms with van der Waals surface area (Å²) in [5.74, 6) is -0.149. The summed E-state index contributed by atoms with van der Waals surface area (Å²) in [5, 5.41) is 3.24. The lowest BCUT2D eigenvalue weighted by molar-refractivity contribution is -0.00813. The number of nitrogens with one attached hydrogen (secondary N) is 1. The maximum atomic E-state index is 11.9. The second-order valence-electron chi connectivity index (χ2n) is 4.34. The zero-order chi connectivity index (χ0) is 13.1. The number of nitrogens with two attached hydrogens (primary N) is 1. The van der Waals surface area contributed by atoms with Gasteiger partial charge < -0.3 is 15.8 Å². The molecule has 5 nitrogen and oxygen atoms in total. The van der Waals surface area contributed by atoms with Crippen molar-refractivity contribution >= 4 is 22.4 Å². The summed E-state index contributed by atoms with van der Waals surface area (Å²) in [6.07, 6.45) is 0. The fraction of sp³-hybridized carbons (Fsp3) is 0.636. The third kappa shape index (κ3) is 3.98. The number of aromatic nitrogens is 1. The van der Waals surface area contributed by atoms with E-state index in [9.17, 15) is 4.79 Å². The highest BCUT2D eigenvalue weighted by Crippen LogP contribution is 2.19. The van der Waals surface area contributed by atoms with Crippen molar-refractivity contribution in [2.45, 2.75) is 33.3 Å². The van der Waals surface area contributed by atoms with Crippen molar-refractivity contribution in [1.82, 2.24) is 10.3 Å². The molecule has 1 heterocycles. The first-order valence-electron chi connectivity index (χ1n) is 5.51. The van der Waals surface area contributed by atoms with Gasteiger partial charge in [-0.15, -0.1) is 0 Å². The van der Waals surface area contributed by atoms with E-state index in [0.717, 1.165) is 0 Å². The average Bonchev–Trinajstić information content (AvgIpc) is 2.54. The van der Waals surface area contributed by atoms with E-state index in [2.05, 4.69) is 10.3 Å². The SMILES string of the molecule is CCOC(C)(C)CNC(=O)c1sc(N)nc1C. The van der Waals surface area contributed by atoms with E-state index in [1.54, 1.807) is 6.92 Å². The molecular formula is C11H19N3O2S. The molecule has 0 aliphatic heterocycles. The summed E-state index contributed by atoms with van der Waals surface area (Å²) < 4.78 is 5.50. The molecule has 1 rings (SSSR count). The van der Waals surface area contributed by atoms with E-state index in [0.29, 0.717) is 28.9 Å². The number of rotatable bonds is 5. The van der Waals surface area contributed by atoms with E-state index < -0.39 is 0 Å². The molecule has 0 unspecified atom stereocenters. The largest absolute Gasteiger partial charge is 0.375 e. The Kier molecular flexibility index (Phi) is 4.47. The fourth-order valence-electron chi connectivity index (χ4n) is 1.44. The van der Waals surface area contributed by atoms with Gasteiger partial charge in [0.1, 0.15) is 4.88 Å². The van der Waals surface area contributed by atoms with Crippen LogP contribution in [-0.2, 0) is 4.74 Å². The van der Waals surface area contributed by atoms with E-state index >= 15 is 0 Å². The molecule has 0 saturated heterocycles. The number of ether oxygens (including phenoxy) is 1. The van der Waals surface area contributed by atoms with Crippen LogP contribution in [0.3, 0.4) is 0 Å². The van der Waals surface area contributed by atoms with Crippen molar-refractivity contribution in [1.29, 1.82) is 0 Å². The predicted octanol–water partition coefficient (Wildman–Crippen LogP) is 1.58. The van der Waals surface area contributed by atoms with Gasteiger partial charge in [0.15, 0.2) is 5.13 Å². The number of hydrogen-bond acceptors (Lipinski definition) is 5. The third-order valence-electron chi connectivity index (χ3n) is 2.23. The van der Waals surface area contributed by atoms with Crippen molar-refractivity contribution in [3.05, 3.63) is 10.6 Å². The smallest absolute Gasteiger partial charge is 0.263 e. The van der Waals surface area contributed by atoms with Gasteiger partial charge in [-0.2, -0.15) is 0 Å². The zero-order valence-electron chi connectivity index (χ0n) is 10.7. The van der Waals surface area contributed by atoms with Crippen molar-refractivity contribution < 1.29 is 9.53 Å². The van der Waals surface area contributed by atoms with Crippen LogP contribution in [-0.4, -0.2) is 29.6 Å². The van der Waals surface area contributed by atoms with Crippen molar-refractivity contribution in [3.63, 3.8) is 0 Å². The molecule has 1 amide bonds. The molecule has 0 atom stereocenters. The monoisotopic (exact) mass is 257 g/mol. The lowest BCUT2D eigenvalue weighted by Crippen LogP contribution is -2.40. The van der Waals surface area contributed by atoms with Gasteiger partial charge in [0, 0.05) is 13.2 Å². The molecule has 0 bridgehead atoms. The van der Waals surface area contributed by atoms with E-state index in [-0.39, 0.29) is 11.5 Å². The Morgan fingerprint density at radius 1 is 1.59 bits per heavy atom. The maximum Gasteiger partial charge on any atom is 0.263 e. The number of aryl methyl sites for hydroxylation is 1. The Bertz CT molecular complexity index is 401. The molecule has 17 heavy (non-hydrogen) atoms. The number of thiazole rings is 1. The van der Waals surface area contributed by atoms with Gasteiger partial charge in [0.2, 0.25) is 0 Å². The summed E-state index contributed by atoms with van der Waals surface area (Å²) in [6, 6.07) is 0. The molecule has 0 aliphatic rings. The Morgan fingerprint density at radius 3 is 2.71 bits per heavy atom. The zero-order valence-corrected chi connectivity index (χ0v) is 11.5. The summed E-state index contributed by atoms with van der Waals surface area (Å²) in [7, 11) is 0. The predicted molar refractivity (Wildman–Crippen MR) is 69.3 cm³/mol. The number of anilines is 1. The minimum Gasteiger partial charge on any atom is -0.375 e. The van der Waals surface area contributed by atoms with Crippen LogP contribution in [0.2, 0.25) is 0 Å². The van der Waals surface area contributed by atoms with E-state index in [4.69, 9.17) is 10.5 Å². The van der Waals surface area contributed by atoms with Crippen molar-refractivity contribution in [2.75, 3.05) is 18.9 Å². The van der Waals surface area contributed by atoms with Crippen molar-refractivity contribution in [2.24, 2.45) is 0 Å². The molecule has 0 aromatic carbocycles. The highest BCUT2D eigenvalue weighted by molar-refractivity contribution is 7.17. The summed E-state index contributed by atoms with van der Waals surface area (Å²) in [4.78, 5) is 16.5. The minimum absolute atomic E-state index is 0.149. The first kappa shape index (κ1) is 13.9. The maximum absolute atomic E-state index is 11.9. The van der Waals surface area contributed by atoms with E-state index in [1.165, 1.54) is 11.3 Å². The Balaban J connectivity index is 2.59. The van der Waals surface area contributed by atoms with Gasteiger partial charge in [-0.1, -0.05) is 11.3 Å². The lowest BCUT2D eigenvalue weighted by atomic mass is 10.1. The Labute approximate surface area is 105 Å².